The van der Waals surface area contributed by atoms with Crippen molar-refractivity contribution < 1.29 is 35.5 Å². The zero-order valence-corrected chi connectivity index (χ0v) is 15.7. The second-order valence-corrected chi connectivity index (χ2v) is 6.17. The standard InChI is InChI=1S/C19H12F7N5O/c20-15-6-3-12(7-14(15)18(21,22)23)30-16-8-17(28-10-27-16)31-29-9-11-1-4-13(5-2-11)32-19(24,25)26/h1-8,10H,9H2,(H,27,28,30). The third kappa shape index (κ3) is 6.62. The first kappa shape index (κ1) is 22.9. The molecule has 0 fully saturated rings. The van der Waals surface area contributed by atoms with Crippen LogP contribution in [0.2, 0.25) is 0 Å². The van der Waals surface area contributed by atoms with Crippen LogP contribution in [0.5, 0.6) is 5.75 Å². The van der Waals surface area contributed by atoms with E-state index in [0.717, 1.165) is 24.5 Å². The lowest BCUT2D eigenvalue weighted by Crippen LogP contribution is -2.16. The third-order valence-electron chi connectivity index (χ3n) is 3.78. The number of alkyl halides is 6. The van der Waals surface area contributed by atoms with E-state index >= 15 is 0 Å². The molecule has 1 aromatic heterocycles. The normalized spacial score (nSPS) is 12.2. The van der Waals surface area contributed by atoms with E-state index in [0.29, 0.717) is 17.7 Å². The van der Waals surface area contributed by atoms with E-state index in [1.54, 1.807) is 0 Å². The van der Waals surface area contributed by atoms with E-state index in [9.17, 15) is 30.7 Å². The number of halogens is 7. The number of hydrogen-bond acceptors (Lipinski definition) is 6. The Kier molecular flexibility index (Phi) is 6.55. The lowest BCUT2D eigenvalue weighted by molar-refractivity contribution is -0.274. The van der Waals surface area contributed by atoms with Crippen LogP contribution in [0, 0.1) is 5.82 Å². The largest absolute Gasteiger partial charge is 0.573 e. The number of azo groups is 1. The molecule has 3 aromatic rings. The molecule has 0 unspecified atom stereocenters. The van der Waals surface area contributed by atoms with Crippen molar-refractivity contribution in [1.82, 2.24) is 9.97 Å². The molecule has 1 heterocycles. The van der Waals surface area contributed by atoms with Crippen LogP contribution in [-0.2, 0) is 12.7 Å². The van der Waals surface area contributed by atoms with Gasteiger partial charge in [0.1, 0.15) is 23.7 Å². The van der Waals surface area contributed by atoms with Gasteiger partial charge in [-0.2, -0.15) is 18.3 Å². The SMILES string of the molecule is Fc1ccc(Nc2cc(N=NCc3ccc(OC(F)(F)F)cc3)ncn2)cc1C(F)(F)F. The summed E-state index contributed by atoms with van der Waals surface area (Å²) in [6, 6.07) is 8.69. The Bertz CT molecular complexity index is 1100. The van der Waals surface area contributed by atoms with Gasteiger partial charge in [0.25, 0.3) is 0 Å². The van der Waals surface area contributed by atoms with Crippen molar-refractivity contribution in [3.05, 3.63) is 71.8 Å². The fourth-order valence-corrected chi connectivity index (χ4v) is 2.42. The maximum atomic E-state index is 13.4. The highest BCUT2D eigenvalue weighted by Crippen LogP contribution is 2.33. The summed E-state index contributed by atoms with van der Waals surface area (Å²) in [6.07, 6.45) is -8.56. The molecule has 3 rings (SSSR count). The van der Waals surface area contributed by atoms with E-state index in [1.165, 1.54) is 18.2 Å². The average Bonchev–Trinajstić information content (AvgIpc) is 2.69. The quantitative estimate of drug-likeness (QED) is 0.335. The maximum absolute atomic E-state index is 13.4. The van der Waals surface area contributed by atoms with E-state index in [2.05, 4.69) is 30.3 Å². The minimum Gasteiger partial charge on any atom is -0.406 e. The molecular formula is C19H12F7N5O. The van der Waals surface area contributed by atoms with E-state index in [4.69, 9.17) is 0 Å². The molecule has 0 spiro atoms. The fraction of sp³-hybridized carbons (Fsp3) is 0.158. The summed E-state index contributed by atoms with van der Waals surface area (Å²) in [5, 5.41) is 10.3. The number of rotatable bonds is 6. The van der Waals surface area contributed by atoms with Gasteiger partial charge in [0.2, 0.25) is 0 Å². The fourth-order valence-electron chi connectivity index (χ4n) is 2.42. The van der Waals surface area contributed by atoms with Gasteiger partial charge in [0, 0.05) is 11.8 Å². The molecule has 0 radical (unpaired) electrons. The molecule has 0 aliphatic carbocycles. The van der Waals surface area contributed by atoms with Crippen LogP contribution >= 0.6 is 0 Å². The zero-order valence-electron chi connectivity index (χ0n) is 15.7. The third-order valence-corrected chi connectivity index (χ3v) is 3.78. The van der Waals surface area contributed by atoms with Crippen molar-refractivity contribution in [2.45, 2.75) is 19.1 Å². The summed E-state index contributed by atoms with van der Waals surface area (Å²) in [6.45, 7) is 0.0198. The lowest BCUT2D eigenvalue weighted by Gasteiger charge is -2.11. The molecule has 0 saturated heterocycles. The second-order valence-electron chi connectivity index (χ2n) is 6.17. The number of ether oxygens (including phenoxy) is 1. The molecule has 0 aliphatic rings. The number of nitrogens with one attached hydrogen (secondary N) is 1. The van der Waals surface area contributed by atoms with Crippen LogP contribution in [0.15, 0.2) is 65.1 Å². The number of benzene rings is 2. The van der Waals surface area contributed by atoms with Crippen LogP contribution in [0.25, 0.3) is 0 Å². The van der Waals surface area contributed by atoms with Gasteiger partial charge in [-0.05, 0) is 35.9 Å². The van der Waals surface area contributed by atoms with Gasteiger partial charge >= 0.3 is 12.5 Å². The summed E-state index contributed by atoms with van der Waals surface area (Å²) in [5.74, 6) is -1.63. The topological polar surface area (TPSA) is 71.8 Å². The summed E-state index contributed by atoms with van der Waals surface area (Å²) >= 11 is 0. The van der Waals surface area contributed by atoms with Gasteiger partial charge in [0.05, 0.1) is 12.1 Å². The van der Waals surface area contributed by atoms with Gasteiger partial charge in [-0.3, -0.25) is 0 Å². The first-order valence-electron chi connectivity index (χ1n) is 8.67. The number of hydrogen-bond donors (Lipinski definition) is 1. The molecule has 2 aromatic carbocycles. The maximum Gasteiger partial charge on any atom is 0.573 e. The van der Waals surface area contributed by atoms with Crippen molar-refractivity contribution in [1.29, 1.82) is 0 Å². The zero-order chi connectivity index (χ0) is 23.4. The molecule has 0 saturated carbocycles. The first-order chi connectivity index (χ1) is 15.0. The Morgan fingerprint density at radius 2 is 1.62 bits per heavy atom. The van der Waals surface area contributed by atoms with Gasteiger partial charge < -0.3 is 10.1 Å². The van der Waals surface area contributed by atoms with Crippen molar-refractivity contribution in [2.24, 2.45) is 10.2 Å². The van der Waals surface area contributed by atoms with Crippen LogP contribution in [0.4, 0.5) is 48.1 Å². The molecule has 0 atom stereocenters. The predicted octanol–water partition coefficient (Wildman–Crippen LogP) is 6.56. The highest BCUT2D eigenvalue weighted by molar-refractivity contribution is 5.59. The van der Waals surface area contributed by atoms with Crippen molar-refractivity contribution in [3.8, 4) is 5.75 Å². The first-order valence-corrected chi connectivity index (χ1v) is 8.67. The minimum atomic E-state index is -4.86. The van der Waals surface area contributed by atoms with Crippen molar-refractivity contribution >= 4 is 17.3 Å². The minimum absolute atomic E-state index is 0.0198. The second kappa shape index (κ2) is 9.16. The van der Waals surface area contributed by atoms with Gasteiger partial charge in [0.15, 0.2) is 5.82 Å². The number of anilines is 2. The molecule has 13 heteroatoms. The lowest BCUT2D eigenvalue weighted by atomic mass is 10.2. The molecule has 168 valence electrons. The van der Waals surface area contributed by atoms with Gasteiger partial charge in [-0.1, -0.05) is 12.1 Å². The summed E-state index contributed by atoms with van der Waals surface area (Å²) in [4.78, 5) is 7.69. The Morgan fingerprint density at radius 3 is 2.28 bits per heavy atom. The number of aromatic nitrogens is 2. The highest BCUT2D eigenvalue weighted by atomic mass is 19.4. The Morgan fingerprint density at radius 1 is 0.906 bits per heavy atom. The van der Waals surface area contributed by atoms with E-state index in [1.807, 2.05) is 0 Å². The van der Waals surface area contributed by atoms with E-state index in [-0.39, 0.29) is 29.6 Å². The average molecular weight is 459 g/mol. The predicted molar refractivity (Wildman–Crippen MR) is 98.1 cm³/mol. The van der Waals surface area contributed by atoms with Crippen LogP contribution in [0.1, 0.15) is 11.1 Å². The van der Waals surface area contributed by atoms with Crippen molar-refractivity contribution in [3.63, 3.8) is 0 Å². The van der Waals surface area contributed by atoms with Crippen LogP contribution < -0.4 is 10.1 Å². The Hall–Kier alpha value is -3.77. The number of nitrogens with zero attached hydrogens (tertiary/aromatic N) is 4. The Balaban J connectivity index is 1.65. The smallest absolute Gasteiger partial charge is 0.406 e. The van der Waals surface area contributed by atoms with Crippen LogP contribution in [-0.4, -0.2) is 16.3 Å². The highest BCUT2D eigenvalue weighted by Gasteiger charge is 2.34. The monoisotopic (exact) mass is 459 g/mol. The molecule has 1 N–H and O–H groups in total. The molecule has 32 heavy (non-hydrogen) atoms. The molecule has 0 bridgehead atoms. The molecule has 0 aliphatic heterocycles. The van der Waals surface area contributed by atoms with Gasteiger partial charge in [-0.15, -0.1) is 18.3 Å². The summed E-state index contributed by atoms with van der Waals surface area (Å²) < 4.78 is 92.1. The van der Waals surface area contributed by atoms with Gasteiger partial charge in [-0.25, -0.2) is 14.4 Å². The molecule has 0 amide bonds. The Labute approximate surface area is 175 Å². The molecule has 6 nitrogen and oxygen atoms in total. The molecular weight excluding hydrogens is 447 g/mol. The summed E-state index contributed by atoms with van der Waals surface area (Å²) in [7, 11) is 0. The van der Waals surface area contributed by atoms with Crippen LogP contribution in [0.3, 0.4) is 0 Å². The van der Waals surface area contributed by atoms with Crippen molar-refractivity contribution in [2.75, 3.05) is 5.32 Å². The summed E-state index contributed by atoms with van der Waals surface area (Å²) in [5.41, 5.74) is -0.939. The van der Waals surface area contributed by atoms with E-state index < -0.39 is 23.9 Å².